The van der Waals surface area contributed by atoms with Crippen molar-refractivity contribution in [3.63, 3.8) is 0 Å². The molecule has 0 unspecified atom stereocenters. The standard InChI is InChI=1S/C22H27N5O4/c1-29-15-4-5-18-16(12-15)17(13-23-18)19(28)6-7-26-8-10-27(11-9-26)21-20(30-2)22(31-3)25-14-24-21/h4-5,12-14,23H,6-11H2,1-3H3. The zero-order valence-corrected chi connectivity index (χ0v) is 18.1. The smallest absolute Gasteiger partial charge is 0.262 e. The van der Waals surface area contributed by atoms with Crippen LogP contribution in [0.3, 0.4) is 0 Å². The number of aromatic amines is 1. The molecule has 2 aromatic heterocycles. The van der Waals surface area contributed by atoms with Crippen molar-refractivity contribution < 1.29 is 19.0 Å². The SMILES string of the molecule is COc1ccc2[nH]cc(C(=O)CCN3CCN(c4ncnc(OC)c4OC)CC3)c2c1. The number of carbonyl (C=O) groups excluding carboxylic acids is 1. The second kappa shape index (κ2) is 9.22. The minimum atomic E-state index is 0.129. The molecule has 0 saturated carbocycles. The van der Waals surface area contributed by atoms with Crippen LogP contribution in [0.1, 0.15) is 16.8 Å². The molecule has 0 radical (unpaired) electrons. The third kappa shape index (κ3) is 4.27. The summed E-state index contributed by atoms with van der Waals surface area (Å²) in [6, 6.07) is 5.72. The summed E-state index contributed by atoms with van der Waals surface area (Å²) in [6.07, 6.45) is 3.74. The number of fused-ring (bicyclic) bond motifs is 1. The van der Waals surface area contributed by atoms with Gasteiger partial charge in [0.1, 0.15) is 12.1 Å². The van der Waals surface area contributed by atoms with Gasteiger partial charge in [0, 0.05) is 61.8 Å². The molecule has 0 spiro atoms. The number of ether oxygens (including phenoxy) is 3. The lowest BCUT2D eigenvalue weighted by molar-refractivity contribution is 0.0964. The Labute approximate surface area is 180 Å². The fraction of sp³-hybridized carbons (Fsp3) is 0.409. The lowest BCUT2D eigenvalue weighted by atomic mass is 10.1. The predicted molar refractivity (Wildman–Crippen MR) is 118 cm³/mol. The van der Waals surface area contributed by atoms with Gasteiger partial charge >= 0.3 is 0 Å². The van der Waals surface area contributed by atoms with Crippen LogP contribution >= 0.6 is 0 Å². The maximum absolute atomic E-state index is 12.9. The molecule has 1 N–H and O–H groups in total. The van der Waals surface area contributed by atoms with Crippen molar-refractivity contribution >= 4 is 22.5 Å². The lowest BCUT2D eigenvalue weighted by Crippen LogP contribution is -2.47. The van der Waals surface area contributed by atoms with Gasteiger partial charge in [-0.25, -0.2) is 4.98 Å². The van der Waals surface area contributed by atoms with E-state index in [1.165, 1.54) is 6.33 Å². The Kier molecular flexibility index (Phi) is 6.22. The van der Waals surface area contributed by atoms with E-state index >= 15 is 0 Å². The third-order valence-corrected chi connectivity index (χ3v) is 5.67. The number of nitrogens with one attached hydrogen (secondary N) is 1. The number of hydrogen-bond donors (Lipinski definition) is 1. The first-order chi connectivity index (χ1) is 15.1. The van der Waals surface area contributed by atoms with Gasteiger partial charge in [0.2, 0.25) is 5.75 Å². The number of carbonyl (C=O) groups is 1. The summed E-state index contributed by atoms with van der Waals surface area (Å²) < 4.78 is 16.0. The number of methoxy groups -OCH3 is 3. The first-order valence-corrected chi connectivity index (χ1v) is 10.2. The summed E-state index contributed by atoms with van der Waals surface area (Å²) >= 11 is 0. The summed E-state index contributed by atoms with van der Waals surface area (Å²) in [7, 11) is 4.78. The van der Waals surface area contributed by atoms with Crippen LogP contribution in [0.25, 0.3) is 10.9 Å². The van der Waals surface area contributed by atoms with Crippen molar-refractivity contribution in [1.29, 1.82) is 0 Å². The average molecular weight is 425 g/mol. The van der Waals surface area contributed by atoms with Gasteiger partial charge in [-0.2, -0.15) is 4.98 Å². The van der Waals surface area contributed by atoms with Crippen molar-refractivity contribution in [1.82, 2.24) is 19.9 Å². The Balaban J connectivity index is 1.35. The summed E-state index contributed by atoms with van der Waals surface area (Å²) in [5.74, 6) is 2.58. The number of aromatic nitrogens is 3. The van der Waals surface area contributed by atoms with Gasteiger partial charge in [-0.15, -0.1) is 0 Å². The topological polar surface area (TPSA) is 92.8 Å². The molecule has 1 saturated heterocycles. The highest BCUT2D eigenvalue weighted by molar-refractivity contribution is 6.08. The molecule has 0 bridgehead atoms. The third-order valence-electron chi connectivity index (χ3n) is 5.67. The van der Waals surface area contributed by atoms with E-state index in [2.05, 4.69) is 24.8 Å². The molecule has 1 aliphatic rings. The first kappa shape index (κ1) is 20.9. The first-order valence-electron chi connectivity index (χ1n) is 10.2. The van der Waals surface area contributed by atoms with Gasteiger partial charge in [-0.05, 0) is 18.2 Å². The van der Waals surface area contributed by atoms with E-state index in [1.54, 1.807) is 27.5 Å². The Morgan fingerprint density at radius 2 is 1.87 bits per heavy atom. The van der Waals surface area contributed by atoms with Gasteiger partial charge in [0.15, 0.2) is 11.6 Å². The molecule has 31 heavy (non-hydrogen) atoms. The van der Waals surface area contributed by atoms with E-state index in [0.717, 1.165) is 48.6 Å². The van der Waals surface area contributed by atoms with Gasteiger partial charge in [-0.3, -0.25) is 9.69 Å². The number of piperazine rings is 1. The van der Waals surface area contributed by atoms with E-state index in [4.69, 9.17) is 14.2 Å². The van der Waals surface area contributed by atoms with Crippen LogP contribution in [0.5, 0.6) is 17.4 Å². The van der Waals surface area contributed by atoms with E-state index in [-0.39, 0.29) is 5.78 Å². The van der Waals surface area contributed by atoms with Crippen LogP contribution in [-0.4, -0.2) is 79.7 Å². The zero-order valence-electron chi connectivity index (χ0n) is 18.1. The van der Waals surface area contributed by atoms with Crippen molar-refractivity contribution in [2.75, 3.05) is 59.0 Å². The Bertz CT molecular complexity index is 1060. The second-order valence-corrected chi connectivity index (χ2v) is 7.36. The fourth-order valence-electron chi connectivity index (χ4n) is 3.93. The number of benzene rings is 1. The number of ketones is 1. The van der Waals surface area contributed by atoms with E-state index < -0.39 is 0 Å². The van der Waals surface area contributed by atoms with E-state index in [1.807, 2.05) is 18.2 Å². The molecule has 0 amide bonds. The molecular formula is C22H27N5O4. The highest BCUT2D eigenvalue weighted by atomic mass is 16.5. The van der Waals surface area contributed by atoms with Crippen molar-refractivity contribution in [2.24, 2.45) is 0 Å². The normalized spacial score (nSPS) is 14.6. The monoisotopic (exact) mass is 425 g/mol. The molecule has 3 heterocycles. The molecule has 4 rings (SSSR count). The molecule has 164 valence electrons. The summed E-state index contributed by atoms with van der Waals surface area (Å²) in [5.41, 5.74) is 1.65. The van der Waals surface area contributed by atoms with Gasteiger partial charge in [-0.1, -0.05) is 0 Å². The number of rotatable bonds is 8. The highest BCUT2D eigenvalue weighted by Gasteiger charge is 2.24. The predicted octanol–water partition coefficient (Wildman–Crippen LogP) is 2.38. The molecule has 9 nitrogen and oxygen atoms in total. The molecule has 0 atom stereocenters. The molecule has 3 aromatic rings. The minimum Gasteiger partial charge on any atom is -0.497 e. The van der Waals surface area contributed by atoms with Crippen LogP contribution in [-0.2, 0) is 0 Å². The number of anilines is 1. The quantitative estimate of drug-likeness (QED) is 0.550. The summed E-state index contributed by atoms with van der Waals surface area (Å²) in [6.45, 7) is 3.96. The maximum Gasteiger partial charge on any atom is 0.262 e. The Morgan fingerprint density at radius 3 is 2.58 bits per heavy atom. The second-order valence-electron chi connectivity index (χ2n) is 7.36. The molecule has 1 aromatic carbocycles. The van der Waals surface area contributed by atoms with Crippen LogP contribution in [0.15, 0.2) is 30.7 Å². The summed E-state index contributed by atoms with van der Waals surface area (Å²) in [5, 5.41) is 0.902. The van der Waals surface area contributed by atoms with Crippen molar-refractivity contribution in [2.45, 2.75) is 6.42 Å². The number of nitrogens with zero attached hydrogens (tertiary/aromatic N) is 4. The molecule has 9 heteroatoms. The Hall–Kier alpha value is -3.33. The number of hydrogen-bond acceptors (Lipinski definition) is 8. The Morgan fingerprint density at radius 1 is 1.06 bits per heavy atom. The largest absolute Gasteiger partial charge is 0.497 e. The van der Waals surface area contributed by atoms with Crippen LogP contribution < -0.4 is 19.1 Å². The van der Waals surface area contributed by atoms with Crippen LogP contribution in [0.2, 0.25) is 0 Å². The number of H-pyrrole nitrogens is 1. The maximum atomic E-state index is 12.9. The summed E-state index contributed by atoms with van der Waals surface area (Å²) in [4.78, 5) is 29.0. The molecular weight excluding hydrogens is 398 g/mol. The van der Waals surface area contributed by atoms with Crippen molar-refractivity contribution in [3.05, 3.63) is 36.3 Å². The fourth-order valence-corrected chi connectivity index (χ4v) is 3.93. The lowest BCUT2D eigenvalue weighted by Gasteiger charge is -2.35. The van der Waals surface area contributed by atoms with Crippen LogP contribution in [0.4, 0.5) is 5.82 Å². The van der Waals surface area contributed by atoms with Crippen molar-refractivity contribution in [3.8, 4) is 17.4 Å². The minimum absolute atomic E-state index is 0.129. The average Bonchev–Trinajstić information content (AvgIpc) is 3.25. The molecule has 1 aliphatic heterocycles. The zero-order chi connectivity index (χ0) is 21.8. The molecule has 0 aliphatic carbocycles. The van der Waals surface area contributed by atoms with E-state index in [9.17, 15) is 4.79 Å². The van der Waals surface area contributed by atoms with Crippen LogP contribution in [0, 0.1) is 0 Å². The highest BCUT2D eigenvalue weighted by Crippen LogP contribution is 2.33. The van der Waals surface area contributed by atoms with Gasteiger partial charge < -0.3 is 24.1 Å². The molecule has 1 fully saturated rings. The number of Topliss-reactive ketones (excluding diaryl/α,β-unsaturated/α-hetero) is 1. The van der Waals surface area contributed by atoms with E-state index in [0.29, 0.717) is 30.2 Å². The van der Waals surface area contributed by atoms with Gasteiger partial charge in [0.05, 0.1) is 21.3 Å². The van der Waals surface area contributed by atoms with Gasteiger partial charge in [0.25, 0.3) is 5.88 Å².